The van der Waals surface area contributed by atoms with Crippen molar-refractivity contribution in [2.75, 3.05) is 13.2 Å². The quantitative estimate of drug-likeness (QED) is 0.0299. The van der Waals surface area contributed by atoms with E-state index < -0.39 is 196 Å². The second-order valence-electron chi connectivity index (χ2n) is 18.4. The molecule has 1 aromatic carbocycles. The number of carbonyl (C=O) groups excluding carboxylic acids is 10. The van der Waals surface area contributed by atoms with Gasteiger partial charge in [0.05, 0.1) is 31.9 Å². The number of phosphoric acid groups is 1. The van der Waals surface area contributed by atoms with E-state index in [4.69, 9.17) is 22.3 Å². The average molecular weight is 1120 g/mol. The summed E-state index contributed by atoms with van der Waals surface area (Å²) < 4.78 is 16.0. The molecule has 19 N–H and O–H groups in total. The molecule has 428 valence electrons. The Morgan fingerprint density at radius 2 is 1.13 bits per heavy atom. The number of carbonyl (C=O) groups is 13. The number of aliphatic hydroxyl groups excluding tert-OH is 1. The lowest BCUT2D eigenvalue weighted by molar-refractivity contribution is -0.146. The molecule has 77 heavy (non-hydrogen) atoms. The summed E-state index contributed by atoms with van der Waals surface area (Å²) in [5.74, 6) is -17.5. The van der Waals surface area contributed by atoms with Gasteiger partial charge in [-0.05, 0) is 48.8 Å². The SMILES string of the molecule is CC(C)[C@H](NC(=O)[C@H](CC(N)=O)NC(=O)[C@@H](NC(=O)[C@H](Cc1ccc(OP(=O)(O)O)cc1)NC(=O)[C@H](CO)NC(=O)[C@@H]1CCCN1C(=O)[C@H](CC(=O)O)NC(=O)[C@@H](N)CC(=O)O)C(C)C)C(=O)N[C@@H](CCC(N)=O)C(=O)O. The second-order valence-corrected chi connectivity index (χ2v) is 19.5. The first-order valence-corrected chi connectivity index (χ1v) is 25.1. The van der Waals surface area contributed by atoms with Gasteiger partial charge in [0, 0.05) is 19.4 Å². The Kier molecular flexibility index (Phi) is 25.5. The Balaban J connectivity index is 2.45. The van der Waals surface area contributed by atoms with Gasteiger partial charge in [-0.15, -0.1) is 0 Å². The number of hydrogen-bond acceptors (Lipinski definition) is 17. The van der Waals surface area contributed by atoms with Gasteiger partial charge in [0.1, 0.15) is 54.1 Å². The summed E-state index contributed by atoms with van der Waals surface area (Å²) >= 11 is 0. The molecule has 1 fully saturated rings. The van der Waals surface area contributed by atoms with Crippen molar-refractivity contribution in [3.05, 3.63) is 29.8 Å². The lowest BCUT2D eigenvalue weighted by atomic mass is 9.99. The van der Waals surface area contributed by atoms with E-state index in [9.17, 15) is 92.0 Å². The predicted molar refractivity (Wildman–Crippen MR) is 260 cm³/mol. The minimum Gasteiger partial charge on any atom is -0.481 e. The normalized spacial score (nSPS) is 16.4. The molecule has 0 spiro atoms. The summed E-state index contributed by atoms with van der Waals surface area (Å²) in [5, 5.41) is 54.3. The number of carboxylic acids is 3. The number of nitrogens with one attached hydrogen (secondary N) is 7. The molecule has 1 aliphatic rings. The number of aliphatic hydroxyl groups is 1. The summed E-state index contributed by atoms with van der Waals surface area (Å²) in [7, 11) is -5.03. The Morgan fingerprint density at radius 3 is 1.60 bits per heavy atom. The molecule has 1 heterocycles. The van der Waals surface area contributed by atoms with Crippen LogP contribution in [0.5, 0.6) is 5.75 Å². The third kappa shape index (κ3) is 22.1. The zero-order valence-electron chi connectivity index (χ0n) is 42.2. The van der Waals surface area contributed by atoms with Gasteiger partial charge in [0.25, 0.3) is 0 Å². The fraction of sp³-hybridized carbons (Fsp3) is 0.568. The van der Waals surface area contributed by atoms with Crippen LogP contribution in [0.4, 0.5) is 0 Å². The van der Waals surface area contributed by atoms with Crippen molar-refractivity contribution in [1.29, 1.82) is 0 Å². The molecule has 0 unspecified atom stereocenters. The number of amides is 10. The molecule has 32 nitrogen and oxygen atoms in total. The van der Waals surface area contributed by atoms with Gasteiger partial charge in [0.2, 0.25) is 59.1 Å². The van der Waals surface area contributed by atoms with Crippen LogP contribution in [-0.4, -0.2) is 180 Å². The first kappa shape index (κ1) is 65.3. The Morgan fingerprint density at radius 1 is 0.636 bits per heavy atom. The molecular weight excluding hydrogens is 1050 g/mol. The van der Waals surface area contributed by atoms with E-state index in [1.807, 2.05) is 0 Å². The van der Waals surface area contributed by atoms with Crippen molar-refractivity contribution >= 4 is 84.8 Å². The van der Waals surface area contributed by atoms with Crippen molar-refractivity contribution in [3.63, 3.8) is 0 Å². The van der Waals surface area contributed by atoms with Crippen LogP contribution in [0.2, 0.25) is 0 Å². The number of hydrogen-bond donors (Lipinski definition) is 16. The molecule has 1 saturated heterocycles. The third-order valence-electron chi connectivity index (χ3n) is 11.4. The Labute approximate surface area is 438 Å². The van der Waals surface area contributed by atoms with Crippen molar-refractivity contribution in [2.24, 2.45) is 29.0 Å². The second kappa shape index (κ2) is 30.1. The highest BCUT2D eigenvalue weighted by atomic mass is 31.2. The van der Waals surface area contributed by atoms with Gasteiger partial charge in [-0.25, -0.2) is 9.36 Å². The Bertz CT molecular complexity index is 2420. The molecule has 1 aliphatic heterocycles. The van der Waals surface area contributed by atoms with Gasteiger partial charge in [-0.2, -0.15) is 0 Å². The van der Waals surface area contributed by atoms with Crippen LogP contribution < -0.4 is 58.9 Å². The largest absolute Gasteiger partial charge is 0.524 e. The van der Waals surface area contributed by atoms with Crippen molar-refractivity contribution < 1.29 is 102 Å². The maximum absolute atomic E-state index is 14.2. The van der Waals surface area contributed by atoms with Crippen LogP contribution in [0.1, 0.15) is 78.2 Å². The van der Waals surface area contributed by atoms with Gasteiger partial charge in [-0.3, -0.25) is 67.3 Å². The highest BCUT2D eigenvalue weighted by molar-refractivity contribution is 7.46. The fourth-order valence-electron chi connectivity index (χ4n) is 7.50. The fourth-order valence-corrected chi connectivity index (χ4v) is 7.89. The molecule has 10 amide bonds. The number of benzene rings is 1. The Hall–Kier alpha value is -7.80. The maximum Gasteiger partial charge on any atom is 0.524 e. The van der Waals surface area contributed by atoms with Gasteiger partial charge in [-0.1, -0.05) is 39.8 Å². The summed E-state index contributed by atoms with van der Waals surface area (Å²) in [4.78, 5) is 186. The summed E-state index contributed by atoms with van der Waals surface area (Å²) in [6.45, 7) is 4.52. The summed E-state index contributed by atoms with van der Waals surface area (Å²) in [6, 6.07) is -10.4. The molecule has 0 bridgehead atoms. The van der Waals surface area contributed by atoms with Gasteiger partial charge < -0.3 is 84.3 Å². The number of carboxylic acid groups (broad SMARTS) is 3. The topological polar surface area (TPSA) is 535 Å². The molecular formula is C44H66N11O21P. The molecule has 1 aromatic rings. The van der Waals surface area contributed by atoms with Crippen molar-refractivity contribution in [1.82, 2.24) is 42.1 Å². The van der Waals surface area contributed by atoms with Crippen LogP contribution >= 0.6 is 7.82 Å². The highest BCUT2D eigenvalue weighted by Gasteiger charge is 2.41. The first-order valence-electron chi connectivity index (χ1n) is 23.6. The van der Waals surface area contributed by atoms with Crippen LogP contribution in [0.25, 0.3) is 0 Å². The lowest BCUT2D eigenvalue weighted by Crippen LogP contribution is -2.62. The number of nitrogens with two attached hydrogens (primary N) is 3. The van der Waals surface area contributed by atoms with E-state index in [-0.39, 0.29) is 30.7 Å². The first-order chi connectivity index (χ1) is 35.7. The highest BCUT2D eigenvalue weighted by Crippen LogP contribution is 2.37. The van der Waals surface area contributed by atoms with Crippen LogP contribution in [-0.2, 0) is 73.3 Å². The zero-order valence-corrected chi connectivity index (χ0v) is 43.1. The number of primary amides is 2. The predicted octanol–water partition coefficient (Wildman–Crippen LogP) is -6.11. The monoisotopic (exact) mass is 1120 g/mol. The summed E-state index contributed by atoms with van der Waals surface area (Å²) in [6.07, 6.45) is -3.98. The summed E-state index contributed by atoms with van der Waals surface area (Å²) in [5.41, 5.74) is 16.2. The molecule has 0 aromatic heterocycles. The van der Waals surface area contributed by atoms with Gasteiger partial charge >= 0.3 is 25.7 Å². The van der Waals surface area contributed by atoms with E-state index >= 15 is 0 Å². The number of aliphatic carboxylic acids is 3. The molecule has 0 aliphatic carbocycles. The molecule has 33 heteroatoms. The average Bonchev–Trinajstić information content (AvgIpc) is 3.81. The van der Waals surface area contributed by atoms with Crippen molar-refractivity contribution in [3.8, 4) is 5.75 Å². The van der Waals surface area contributed by atoms with E-state index in [0.29, 0.717) is 0 Å². The molecule has 0 saturated carbocycles. The maximum atomic E-state index is 14.2. The molecule has 9 atom stereocenters. The third-order valence-corrected chi connectivity index (χ3v) is 11.9. The molecule has 2 rings (SSSR count). The number of rotatable bonds is 32. The number of likely N-dealkylation sites (tertiary alicyclic amines) is 1. The van der Waals surface area contributed by atoms with Gasteiger partial charge in [0.15, 0.2) is 0 Å². The van der Waals surface area contributed by atoms with E-state index in [2.05, 4.69) is 41.7 Å². The van der Waals surface area contributed by atoms with Crippen LogP contribution in [0, 0.1) is 11.8 Å². The van der Waals surface area contributed by atoms with E-state index in [1.165, 1.54) is 39.8 Å². The van der Waals surface area contributed by atoms with E-state index in [0.717, 1.165) is 17.0 Å². The number of phosphoric ester groups is 1. The van der Waals surface area contributed by atoms with Crippen LogP contribution in [0.15, 0.2) is 24.3 Å². The number of nitrogens with zero attached hydrogens (tertiary/aromatic N) is 1. The van der Waals surface area contributed by atoms with E-state index in [1.54, 1.807) is 0 Å². The standard InChI is InChI=1S/C44H66N11O21P/c1-19(2)34(41(68)48-24(44(71)72)11-12-30(46)57)54-38(65)26(16-31(47)58)50-42(69)35(20(3)4)53-37(64)25(14-21-7-9-22(10-8-21)76-77(73,74)75)49-39(66)28(18-56)52-40(67)29-6-5-13-55(29)43(70)27(17-33(61)62)51-36(63)23(45)15-32(59)60/h7-10,19-20,23-29,34-35,56H,5-6,11-18,45H2,1-4H3,(H2,46,57)(H2,47,58)(H,48,68)(H,49,66)(H,50,69)(H,51,63)(H,52,67)(H,53,64)(H,54,65)(H,59,60)(H,61,62)(H,71,72)(H2,73,74,75)/t23-,24-,25-,26-,27-,28-,29-,34-,35-/m0/s1. The minimum absolute atomic E-state index is 0.0719. The van der Waals surface area contributed by atoms with Crippen LogP contribution in [0.3, 0.4) is 0 Å². The van der Waals surface area contributed by atoms with Crippen molar-refractivity contribution in [2.45, 2.75) is 133 Å². The smallest absolute Gasteiger partial charge is 0.481 e. The minimum atomic E-state index is -5.03. The lowest BCUT2D eigenvalue weighted by Gasteiger charge is -2.30. The molecule has 0 radical (unpaired) electrons. The zero-order chi connectivity index (χ0) is 58.6.